The molecular weight excluding hydrogens is 495 g/mol. The van der Waals surface area contributed by atoms with Crippen molar-refractivity contribution in [2.24, 2.45) is 5.92 Å². The molecule has 0 bridgehead atoms. The Bertz CT molecular complexity index is 1290. The fourth-order valence-electron chi connectivity index (χ4n) is 5.05. The average Bonchev–Trinajstić information content (AvgIpc) is 3.37. The highest BCUT2D eigenvalue weighted by Gasteiger charge is 2.62. The number of rotatable bonds is 9. The fraction of sp³-hybridized carbons (Fsp3) is 0.393. The van der Waals surface area contributed by atoms with E-state index >= 15 is 0 Å². The second-order valence-electron chi connectivity index (χ2n) is 9.70. The van der Waals surface area contributed by atoms with Crippen molar-refractivity contribution in [2.75, 3.05) is 7.11 Å². The quantitative estimate of drug-likeness (QED) is 0.398. The number of hydrogen-bond donors (Lipinski definition) is 1. The van der Waals surface area contributed by atoms with Crippen LogP contribution >= 0.6 is 0 Å². The summed E-state index contributed by atoms with van der Waals surface area (Å²) in [5.41, 5.74) is 0.330. The predicted molar refractivity (Wildman–Crippen MR) is 135 cm³/mol. The molecule has 200 valence electrons. The van der Waals surface area contributed by atoms with E-state index in [0.717, 1.165) is 11.3 Å². The first-order valence-corrected chi connectivity index (χ1v) is 12.6. The third kappa shape index (κ3) is 5.05. The van der Waals surface area contributed by atoms with Crippen molar-refractivity contribution < 1.29 is 22.6 Å². The molecule has 0 spiro atoms. The van der Waals surface area contributed by atoms with Gasteiger partial charge >= 0.3 is 6.18 Å². The molecule has 5 rings (SSSR count). The zero-order valence-electron chi connectivity index (χ0n) is 21.2. The Morgan fingerprint density at radius 3 is 2.47 bits per heavy atom. The SMILES string of the molecule is COc1cnc(C2CCC2C2(C(F)(F)F)C=CC(C(C)n3ccc(COCc4ccccc4)n3)=CN2)nc1. The van der Waals surface area contributed by atoms with E-state index in [1.54, 1.807) is 10.8 Å². The lowest BCUT2D eigenvalue weighted by Gasteiger charge is -2.50. The standard InChI is InChI=1S/C28H30F3N5O2/c1-19(36-13-11-22(35-36)18-38-17-20-6-4-3-5-7-20)21-10-12-27(34-14-21,28(29,30)31)25-9-8-24(25)26-32-15-23(37-2)16-33-26/h3-7,10-16,19,24-25,34H,8-9,17-18H2,1-2H3. The van der Waals surface area contributed by atoms with E-state index in [0.29, 0.717) is 43.2 Å². The maximum atomic E-state index is 14.5. The lowest BCUT2D eigenvalue weighted by molar-refractivity contribution is -0.204. The Balaban J connectivity index is 1.26. The van der Waals surface area contributed by atoms with E-state index in [4.69, 9.17) is 9.47 Å². The van der Waals surface area contributed by atoms with Crippen molar-refractivity contribution in [1.29, 1.82) is 0 Å². The Morgan fingerprint density at radius 2 is 1.87 bits per heavy atom. The monoisotopic (exact) mass is 525 g/mol. The number of nitrogens with one attached hydrogen (secondary N) is 1. The summed E-state index contributed by atoms with van der Waals surface area (Å²) in [7, 11) is 1.49. The highest BCUT2D eigenvalue weighted by Crippen LogP contribution is 2.54. The van der Waals surface area contributed by atoms with Crippen molar-refractivity contribution in [3.8, 4) is 5.75 Å². The smallest absolute Gasteiger partial charge is 0.415 e. The largest absolute Gasteiger partial charge is 0.494 e. The Morgan fingerprint density at radius 1 is 1.11 bits per heavy atom. The zero-order valence-corrected chi connectivity index (χ0v) is 21.2. The molecule has 3 heterocycles. The van der Waals surface area contributed by atoms with E-state index in [1.807, 2.05) is 49.5 Å². The second-order valence-corrected chi connectivity index (χ2v) is 9.70. The number of alkyl halides is 3. The first kappa shape index (κ1) is 26.0. The molecule has 10 heteroatoms. The van der Waals surface area contributed by atoms with Gasteiger partial charge in [0.15, 0.2) is 11.3 Å². The first-order valence-electron chi connectivity index (χ1n) is 12.6. The third-order valence-corrected chi connectivity index (χ3v) is 7.46. The summed E-state index contributed by atoms with van der Waals surface area (Å²) >= 11 is 0. The average molecular weight is 526 g/mol. The number of nitrogens with zero attached hydrogens (tertiary/aromatic N) is 4. The molecule has 2 aromatic heterocycles. The zero-order chi connectivity index (χ0) is 26.8. The molecule has 1 aliphatic carbocycles. The van der Waals surface area contributed by atoms with E-state index in [9.17, 15) is 13.2 Å². The fourth-order valence-corrected chi connectivity index (χ4v) is 5.05. The molecule has 2 aliphatic rings. The van der Waals surface area contributed by atoms with E-state index in [1.165, 1.54) is 31.8 Å². The van der Waals surface area contributed by atoms with Crippen LogP contribution in [-0.4, -0.2) is 38.6 Å². The van der Waals surface area contributed by atoms with Gasteiger partial charge in [-0.05, 0) is 43.0 Å². The van der Waals surface area contributed by atoms with Gasteiger partial charge in [-0.2, -0.15) is 18.3 Å². The Kier molecular flexibility index (Phi) is 7.25. The maximum Gasteiger partial charge on any atom is 0.415 e. The number of ether oxygens (including phenoxy) is 2. The minimum absolute atomic E-state index is 0.269. The van der Waals surface area contributed by atoms with Crippen molar-refractivity contribution in [3.63, 3.8) is 0 Å². The molecule has 0 amide bonds. The number of hydrogen-bond acceptors (Lipinski definition) is 6. The second kappa shape index (κ2) is 10.6. The first-order chi connectivity index (χ1) is 18.3. The lowest BCUT2D eigenvalue weighted by atomic mass is 9.61. The number of halogens is 3. The highest BCUT2D eigenvalue weighted by atomic mass is 19.4. The summed E-state index contributed by atoms with van der Waals surface area (Å²) in [6.45, 7) is 2.72. The van der Waals surface area contributed by atoms with Crippen LogP contribution in [0, 0.1) is 5.92 Å². The van der Waals surface area contributed by atoms with Gasteiger partial charge in [-0.15, -0.1) is 0 Å². The van der Waals surface area contributed by atoms with Crippen molar-refractivity contribution in [2.45, 2.75) is 56.7 Å². The predicted octanol–water partition coefficient (Wildman–Crippen LogP) is 5.50. The van der Waals surface area contributed by atoms with Crippen LogP contribution in [0.3, 0.4) is 0 Å². The van der Waals surface area contributed by atoms with Crippen molar-refractivity contribution >= 4 is 0 Å². The molecule has 7 nitrogen and oxygen atoms in total. The molecule has 1 aromatic carbocycles. The molecule has 1 saturated carbocycles. The van der Waals surface area contributed by atoms with Crippen LogP contribution in [0.2, 0.25) is 0 Å². The molecule has 0 saturated heterocycles. The molecular formula is C28H30F3N5O2. The van der Waals surface area contributed by atoms with Crippen molar-refractivity contribution in [3.05, 3.63) is 96.0 Å². The summed E-state index contributed by atoms with van der Waals surface area (Å²) in [6, 6.07) is 11.4. The topological polar surface area (TPSA) is 74.1 Å². The molecule has 4 atom stereocenters. The van der Waals surface area contributed by atoms with Gasteiger partial charge in [0.2, 0.25) is 0 Å². The van der Waals surface area contributed by atoms with Crippen LogP contribution in [0.4, 0.5) is 13.2 Å². The third-order valence-electron chi connectivity index (χ3n) is 7.46. The normalized spacial score (nSPS) is 23.8. The summed E-state index contributed by atoms with van der Waals surface area (Å²) in [4.78, 5) is 8.52. The molecule has 38 heavy (non-hydrogen) atoms. The number of benzene rings is 1. The number of aromatic nitrogens is 4. The molecule has 1 N–H and O–H groups in total. The Hall–Kier alpha value is -3.66. The van der Waals surface area contributed by atoms with E-state index in [-0.39, 0.29) is 6.04 Å². The van der Waals surface area contributed by atoms with Gasteiger partial charge < -0.3 is 14.8 Å². The van der Waals surface area contributed by atoms with Crippen molar-refractivity contribution in [1.82, 2.24) is 25.1 Å². The molecule has 4 unspecified atom stereocenters. The van der Waals surface area contributed by atoms with Crippen LogP contribution in [-0.2, 0) is 18.0 Å². The molecule has 1 fully saturated rings. The van der Waals surface area contributed by atoms with Crippen LogP contribution in [0.25, 0.3) is 0 Å². The van der Waals surface area contributed by atoms with E-state index in [2.05, 4.69) is 20.4 Å². The van der Waals surface area contributed by atoms with Crippen LogP contribution in [0.1, 0.15) is 48.8 Å². The minimum atomic E-state index is -4.50. The van der Waals surface area contributed by atoms with Gasteiger partial charge in [-0.1, -0.05) is 36.4 Å². The number of allylic oxidation sites excluding steroid dienone is 2. The van der Waals surface area contributed by atoms with Gasteiger partial charge in [0.05, 0.1) is 44.5 Å². The lowest BCUT2D eigenvalue weighted by Crippen LogP contribution is -2.63. The van der Waals surface area contributed by atoms with Gasteiger partial charge in [0.25, 0.3) is 0 Å². The van der Waals surface area contributed by atoms with Gasteiger partial charge in [-0.25, -0.2) is 9.97 Å². The highest BCUT2D eigenvalue weighted by molar-refractivity contribution is 5.35. The Labute approximate surface area is 219 Å². The molecule has 0 radical (unpaired) electrons. The van der Waals surface area contributed by atoms with Gasteiger partial charge in [-0.3, -0.25) is 4.68 Å². The summed E-state index contributed by atoms with van der Waals surface area (Å²) < 4.78 is 56.2. The maximum absolute atomic E-state index is 14.5. The summed E-state index contributed by atoms with van der Waals surface area (Å²) in [6.07, 6.45) is 5.60. The molecule has 3 aromatic rings. The summed E-state index contributed by atoms with van der Waals surface area (Å²) in [5, 5.41) is 7.31. The van der Waals surface area contributed by atoms with Crippen LogP contribution in [0.15, 0.2) is 78.9 Å². The number of methoxy groups -OCH3 is 1. The number of dihydropyridines is 1. The van der Waals surface area contributed by atoms with Gasteiger partial charge in [0, 0.05) is 24.2 Å². The van der Waals surface area contributed by atoms with Crippen LogP contribution in [0.5, 0.6) is 5.75 Å². The molecule has 1 aliphatic heterocycles. The van der Waals surface area contributed by atoms with E-state index < -0.39 is 23.6 Å². The summed E-state index contributed by atoms with van der Waals surface area (Å²) in [5.74, 6) is -0.255. The van der Waals surface area contributed by atoms with Crippen LogP contribution < -0.4 is 10.1 Å². The minimum Gasteiger partial charge on any atom is -0.494 e. The van der Waals surface area contributed by atoms with Gasteiger partial charge in [0.1, 0.15) is 5.82 Å².